The maximum absolute atomic E-state index is 9.33. The molecule has 2 rings (SSSR count). The lowest BCUT2D eigenvalue weighted by Crippen LogP contribution is -2.48. The Morgan fingerprint density at radius 1 is 1.30 bits per heavy atom. The van der Waals surface area contributed by atoms with E-state index in [2.05, 4.69) is 52.1 Å². The van der Waals surface area contributed by atoms with Gasteiger partial charge in [-0.3, -0.25) is 0 Å². The first-order valence-corrected chi connectivity index (χ1v) is 7.40. The van der Waals surface area contributed by atoms with Crippen LogP contribution in [0.15, 0.2) is 24.3 Å². The van der Waals surface area contributed by atoms with Crippen LogP contribution >= 0.6 is 0 Å². The molecular formula is C17H27NO2. The topological polar surface area (TPSA) is 41.5 Å². The van der Waals surface area contributed by atoms with Gasteiger partial charge in [-0.15, -0.1) is 0 Å². The van der Waals surface area contributed by atoms with Crippen LogP contribution in [0.25, 0.3) is 0 Å². The average molecular weight is 277 g/mol. The van der Waals surface area contributed by atoms with E-state index in [4.69, 9.17) is 4.74 Å². The summed E-state index contributed by atoms with van der Waals surface area (Å²) in [5.74, 6) is 0.964. The number of nitrogens with one attached hydrogen (secondary N) is 1. The first-order valence-electron chi connectivity index (χ1n) is 7.40. The molecule has 1 heterocycles. The zero-order valence-electron chi connectivity index (χ0n) is 13.2. The van der Waals surface area contributed by atoms with Crippen molar-refractivity contribution >= 4 is 0 Å². The summed E-state index contributed by atoms with van der Waals surface area (Å²) in [4.78, 5) is 0. The van der Waals surface area contributed by atoms with Crippen molar-refractivity contribution in [2.45, 2.75) is 58.7 Å². The van der Waals surface area contributed by atoms with Gasteiger partial charge in [0.05, 0.1) is 6.04 Å². The van der Waals surface area contributed by atoms with Gasteiger partial charge in [0.1, 0.15) is 11.4 Å². The molecule has 1 aromatic rings. The fourth-order valence-electron chi connectivity index (χ4n) is 2.92. The molecule has 1 aromatic carbocycles. The van der Waals surface area contributed by atoms with Crippen LogP contribution in [0.1, 0.15) is 52.6 Å². The smallest absolute Gasteiger partial charge is 0.125 e. The van der Waals surface area contributed by atoms with Crippen molar-refractivity contribution in [3.63, 3.8) is 0 Å². The maximum Gasteiger partial charge on any atom is 0.125 e. The quantitative estimate of drug-likeness (QED) is 0.887. The Balaban J connectivity index is 2.26. The van der Waals surface area contributed by atoms with Crippen molar-refractivity contribution in [1.82, 2.24) is 5.32 Å². The van der Waals surface area contributed by atoms with E-state index in [1.54, 1.807) is 0 Å². The second-order valence-electron chi connectivity index (χ2n) is 7.27. The van der Waals surface area contributed by atoms with Crippen LogP contribution in [-0.2, 0) is 0 Å². The minimum Gasteiger partial charge on any atom is -0.486 e. The summed E-state index contributed by atoms with van der Waals surface area (Å²) >= 11 is 0. The first kappa shape index (κ1) is 15.3. The van der Waals surface area contributed by atoms with Gasteiger partial charge in [-0.05, 0) is 31.7 Å². The van der Waals surface area contributed by atoms with E-state index < -0.39 is 0 Å². The highest BCUT2D eigenvalue weighted by molar-refractivity contribution is 5.42. The molecule has 0 radical (unpaired) electrons. The molecule has 2 N–H and O–H groups in total. The SMILES string of the molecule is CC(C)(C)C(CCO)NC1c2ccccc2OC1(C)C. The monoisotopic (exact) mass is 277 g/mol. The summed E-state index contributed by atoms with van der Waals surface area (Å²) in [6.07, 6.45) is 0.748. The molecule has 3 heteroatoms. The lowest BCUT2D eigenvalue weighted by atomic mass is 9.82. The highest BCUT2D eigenvalue weighted by Crippen LogP contribution is 2.43. The second kappa shape index (κ2) is 5.38. The van der Waals surface area contributed by atoms with Gasteiger partial charge >= 0.3 is 0 Å². The molecular weight excluding hydrogens is 250 g/mol. The third-order valence-corrected chi connectivity index (χ3v) is 4.13. The lowest BCUT2D eigenvalue weighted by Gasteiger charge is -2.37. The number of benzene rings is 1. The van der Waals surface area contributed by atoms with E-state index in [0.29, 0.717) is 0 Å². The molecule has 0 fully saturated rings. The van der Waals surface area contributed by atoms with Crippen LogP contribution in [0.4, 0.5) is 0 Å². The molecule has 1 aliphatic rings. The standard InChI is InChI=1S/C17H27NO2/c1-16(2,3)14(10-11-19)18-15-12-8-6-7-9-13(12)20-17(15,4)5/h6-9,14-15,18-19H,10-11H2,1-5H3. The summed E-state index contributed by atoms with van der Waals surface area (Å²) in [6.45, 7) is 11.0. The van der Waals surface area contributed by atoms with Gasteiger partial charge in [-0.1, -0.05) is 39.0 Å². The number of aliphatic hydroxyl groups excluding tert-OH is 1. The van der Waals surface area contributed by atoms with E-state index in [9.17, 15) is 5.11 Å². The molecule has 0 spiro atoms. The van der Waals surface area contributed by atoms with Crippen LogP contribution in [0.3, 0.4) is 0 Å². The number of fused-ring (bicyclic) bond motifs is 1. The Kier molecular flexibility index (Phi) is 4.12. The van der Waals surface area contributed by atoms with Crippen molar-refractivity contribution in [3.8, 4) is 5.75 Å². The fourth-order valence-corrected chi connectivity index (χ4v) is 2.92. The van der Waals surface area contributed by atoms with Crippen molar-refractivity contribution < 1.29 is 9.84 Å². The Morgan fingerprint density at radius 3 is 2.55 bits per heavy atom. The minimum atomic E-state index is -0.275. The van der Waals surface area contributed by atoms with Crippen molar-refractivity contribution in [2.75, 3.05) is 6.61 Å². The third kappa shape index (κ3) is 2.99. The predicted octanol–water partition coefficient (Wildman–Crippen LogP) is 3.29. The van der Waals surface area contributed by atoms with Crippen LogP contribution < -0.4 is 10.1 Å². The van der Waals surface area contributed by atoms with E-state index in [-0.39, 0.29) is 29.7 Å². The van der Waals surface area contributed by atoms with E-state index in [1.807, 2.05) is 12.1 Å². The summed E-state index contributed by atoms with van der Waals surface area (Å²) in [7, 11) is 0. The molecule has 0 bridgehead atoms. The molecule has 0 saturated heterocycles. The Labute approximate surface area is 122 Å². The third-order valence-electron chi connectivity index (χ3n) is 4.13. The predicted molar refractivity (Wildman–Crippen MR) is 82.0 cm³/mol. The van der Waals surface area contributed by atoms with Gasteiger partial charge in [-0.25, -0.2) is 0 Å². The molecule has 0 amide bonds. The average Bonchev–Trinajstić information content (AvgIpc) is 2.58. The van der Waals surface area contributed by atoms with E-state index >= 15 is 0 Å². The molecule has 2 unspecified atom stereocenters. The number of hydrogen-bond donors (Lipinski definition) is 2. The summed E-state index contributed by atoms with van der Waals surface area (Å²) in [5.41, 5.74) is 1.03. The number of aliphatic hydroxyl groups is 1. The Morgan fingerprint density at radius 2 is 1.95 bits per heavy atom. The highest BCUT2D eigenvalue weighted by Gasteiger charge is 2.43. The van der Waals surface area contributed by atoms with Crippen LogP contribution in [-0.4, -0.2) is 23.4 Å². The van der Waals surface area contributed by atoms with E-state index in [1.165, 1.54) is 5.56 Å². The molecule has 2 atom stereocenters. The van der Waals surface area contributed by atoms with Gasteiger partial charge < -0.3 is 15.2 Å². The first-order chi connectivity index (χ1) is 9.25. The van der Waals surface area contributed by atoms with Crippen molar-refractivity contribution in [1.29, 1.82) is 0 Å². The molecule has 3 nitrogen and oxygen atoms in total. The molecule has 112 valence electrons. The molecule has 0 aliphatic carbocycles. The number of ether oxygens (including phenoxy) is 1. The number of para-hydroxylation sites is 1. The van der Waals surface area contributed by atoms with Gasteiger partial charge in [-0.2, -0.15) is 0 Å². The molecule has 1 aliphatic heterocycles. The normalized spacial score (nSPS) is 22.2. The zero-order chi connectivity index (χ0) is 15.0. The second-order valence-corrected chi connectivity index (χ2v) is 7.27. The highest BCUT2D eigenvalue weighted by atomic mass is 16.5. The largest absolute Gasteiger partial charge is 0.486 e. The van der Waals surface area contributed by atoms with Gasteiger partial charge in [0, 0.05) is 18.2 Å². The van der Waals surface area contributed by atoms with Crippen LogP contribution in [0, 0.1) is 5.41 Å². The molecule has 0 aromatic heterocycles. The van der Waals surface area contributed by atoms with Gasteiger partial charge in [0.2, 0.25) is 0 Å². The number of hydrogen-bond acceptors (Lipinski definition) is 3. The van der Waals surface area contributed by atoms with Gasteiger partial charge in [0.25, 0.3) is 0 Å². The summed E-state index contributed by atoms with van der Waals surface area (Å²) in [6, 6.07) is 8.60. The minimum absolute atomic E-state index is 0.0936. The maximum atomic E-state index is 9.33. The van der Waals surface area contributed by atoms with Gasteiger partial charge in [0.15, 0.2) is 0 Å². The van der Waals surface area contributed by atoms with Crippen LogP contribution in [0.2, 0.25) is 0 Å². The zero-order valence-corrected chi connectivity index (χ0v) is 13.2. The molecule has 20 heavy (non-hydrogen) atoms. The van der Waals surface area contributed by atoms with Crippen molar-refractivity contribution in [3.05, 3.63) is 29.8 Å². The summed E-state index contributed by atoms with van der Waals surface area (Å²) < 4.78 is 6.07. The molecule has 0 saturated carbocycles. The van der Waals surface area contributed by atoms with Crippen molar-refractivity contribution in [2.24, 2.45) is 5.41 Å². The fraction of sp³-hybridized carbons (Fsp3) is 0.647. The van der Waals surface area contributed by atoms with E-state index in [0.717, 1.165) is 12.2 Å². The Bertz CT molecular complexity index is 462. The van der Waals surface area contributed by atoms with Crippen LogP contribution in [0.5, 0.6) is 5.75 Å². The lowest BCUT2D eigenvalue weighted by molar-refractivity contribution is 0.0750. The number of rotatable bonds is 4. The summed E-state index contributed by atoms with van der Waals surface area (Å²) in [5, 5.41) is 13.0. The Hall–Kier alpha value is -1.06.